The van der Waals surface area contributed by atoms with Crippen LogP contribution in [0, 0.1) is 5.92 Å². The van der Waals surface area contributed by atoms with Gasteiger partial charge in [0, 0.05) is 5.57 Å². The molecule has 0 bridgehead atoms. The Morgan fingerprint density at radius 2 is 1.91 bits per heavy atom. The van der Waals surface area contributed by atoms with E-state index < -0.39 is 5.97 Å². The van der Waals surface area contributed by atoms with Crippen LogP contribution in [-0.4, -0.2) is 17.5 Å². The fraction of sp³-hybridized carbons (Fsp3) is 0.235. The quantitative estimate of drug-likeness (QED) is 0.481. The van der Waals surface area contributed by atoms with Gasteiger partial charge in [-0.05, 0) is 42.7 Å². The van der Waals surface area contributed by atoms with Crippen LogP contribution in [0.5, 0.6) is 0 Å². The predicted octanol–water partition coefficient (Wildman–Crippen LogP) is 3.96. The molecule has 1 aromatic carbocycles. The lowest BCUT2D eigenvalue weighted by molar-refractivity contribution is -0.111. The summed E-state index contributed by atoms with van der Waals surface area (Å²) in [5.74, 6) is -0.604. The van der Waals surface area contributed by atoms with Crippen LogP contribution in [-0.2, 0) is 9.63 Å². The number of rotatable bonds is 3. The molecule has 0 fully saturated rings. The van der Waals surface area contributed by atoms with E-state index in [1.165, 1.54) is 6.08 Å². The summed E-state index contributed by atoms with van der Waals surface area (Å²) in [6.45, 7) is 5.59. The number of hydrogen-bond acceptors (Lipinski definition) is 4. The van der Waals surface area contributed by atoms with E-state index in [0.717, 1.165) is 0 Å². The second-order valence-corrected chi connectivity index (χ2v) is 5.69. The Bertz CT molecular complexity index is 714. The van der Waals surface area contributed by atoms with Gasteiger partial charge in [0.2, 0.25) is 0 Å². The highest BCUT2D eigenvalue weighted by molar-refractivity contribution is 6.33. The number of oxime groups is 1. The molecule has 0 heterocycles. The maximum Gasteiger partial charge on any atom is 0.367 e. The number of benzene rings is 1. The van der Waals surface area contributed by atoms with E-state index in [0.29, 0.717) is 21.9 Å². The van der Waals surface area contributed by atoms with Crippen molar-refractivity contribution < 1.29 is 14.4 Å². The largest absolute Gasteiger partial charge is 0.367 e. The van der Waals surface area contributed by atoms with Gasteiger partial charge in [0.1, 0.15) is 5.71 Å². The molecule has 4 nitrogen and oxygen atoms in total. The number of allylic oxidation sites excluding steroid dienone is 4. The molecule has 0 amide bonds. The van der Waals surface area contributed by atoms with Gasteiger partial charge in [-0.3, -0.25) is 4.79 Å². The minimum atomic E-state index is -0.637. The second kappa shape index (κ2) is 6.71. The highest BCUT2D eigenvalue weighted by atomic mass is 35.5. The lowest BCUT2D eigenvalue weighted by Gasteiger charge is -2.14. The predicted molar refractivity (Wildman–Crippen MR) is 86.0 cm³/mol. The summed E-state index contributed by atoms with van der Waals surface area (Å²) in [4.78, 5) is 28.8. The van der Waals surface area contributed by atoms with Crippen LogP contribution < -0.4 is 0 Å². The van der Waals surface area contributed by atoms with Gasteiger partial charge >= 0.3 is 5.97 Å². The van der Waals surface area contributed by atoms with Crippen LogP contribution in [0.2, 0.25) is 5.02 Å². The minimum absolute atomic E-state index is 0.0381. The molecule has 0 unspecified atom stereocenters. The van der Waals surface area contributed by atoms with Crippen LogP contribution >= 0.6 is 11.6 Å². The first-order valence-electron chi connectivity index (χ1n) is 6.88. The van der Waals surface area contributed by atoms with Crippen molar-refractivity contribution in [3.63, 3.8) is 0 Å². The molecule has 1 aliphatic carbocycles. The van der Waals surface area contributed by atoms with Gasteiger partial charge in [-0.1, -0.05) is 42.7 Å². The Morgan fingerprint density at radius 1 is 1.23 bits per heavy atom. The summed E-state index contributed by atoms with van der Waals surface area (Å²) in [6.07, 6.45) is 3.15. The summed E-state index contributed by atoms with van der Waals surface area (Å²) >= 11 is 5.94. The molecular weight excluding hydrogens is 302 g/mol. The summed E-state index contributed by atoms with van der Waals surface area (Å²) in [5.41, 5.74) is 2.00. The van der Waals surface area contributed by atoms with Crippen molar-refractivity contribution in [3.8, 4) is 0 Å². The number of carbonyl (C=O) groups is 2. The van der Waals surface area contributed by atoms with Crippen LogP contribution in [0.3, 0.4) is 0 Å². The van der Waals surface area contributed by atoms with Crippen molar-refractivity contribution in [1.82, 2.24) is 0 Å². The first kappa shape index (κ1) is 16.2. The van der Waals surface area contributed by atoms with E-state index in [2.05, 4.69) is 5.16 Å². The van der Waals surface area contributed by atoms with E-state index in [1.54, 1.807) is 37.3 Å². The lowest BCUT2D eigenvalue weighted by Crippen LogP contribution is -2.16. The van der Waals surface area contributed by atoms with Crippen molar-refractivity contribution in [3.05, 3.63) is 58.1 Å². The molecule has 0 spiro atoms. The highest BCUT2D eigenvalue weighted by Crippen LogP contribution is 2.20. The average Bonchev–Trinajstić information content (AvgIpc) is 2.46. The fourth-order valence-electron chi connectivity index (χ4n) is 2.00. The minimum Gasteiger partial charge on any atom is -0.312 e. The van der Waals surface area contributed by atoms with Gasteiger partial charge in [0.05, 0.1) is 10.6 Å². The van der Waals surface area contributed by atoms with Gasteiger partial charge in [-0.25, -0.2) is 4.79 Å². The highest BCUT2D eigenvalue weighted by Gasteiger charge is 2.20. The van der Waals surface area contributed by atoms with Crippen LogP contribution in [0.15, 0.2) is 52.7 Å². The molecule has 0 atom stereocenters. The molecular formula is C17H16ClNO3. The molecule has 0 aromatic heterocycles. The third-order valence-electron chi connectivity index (χ3n) is 3.27. The number of ketones is 1. The smallest absolute Gasteiger partial charge is 0.312 e. The van der Waals surface area contributed by atoms with Gasteiger partial charge in [0.15, 0.2) is 5.78 Å². The number of carbonyl (C=O) groups excluding carboxylic acids is 2. The SMILES string of the molecule is CC1=CC(=O)C(C(C)C)=C/C1=N/OC(=O)c1ccccc1Cl. The number of nitrogens with zero attached hydrogens (tertiary/aromatic N) is 1. The normalized spacial score (nSPS) is 16.6. The molecule has 114 valence electrons. The summed E-state index contributed by atoms with van der Waals surface area (Å²) in [6, 6.07) is 6.58. The fourth-order valence-corrected chi connectivity index (χ4v) is 2.22. The van der Waals surface area contributed by atoms with E-state index in [-0.39, 0.29) is 17.3 Å². The zero-order valence-corrected chi connectivity index (χ0v) is 13.3. The average molecular weight is 318 g/mol. The molecule has 1 aromatic rings. The Labute approximate surface area is 134 Å². The third kappa shape index (κ3) is 3.52. The summed E-state index contributed by atoms with van der Waals surface area (Å²) in [5, 5.41) is 4.16. The first-order chi connectivity index (χ1) is 10.4. The van der Waals surface area contributed by atoms with E-state index in [9.17, 15) is 9.59 Å². The Hall–Kier alpha value is -2.20. The van der Waals surface area contributed by atoms with E-state index in [4.69, 9.17) is 16.4 Å². The zero-order chi connectivity index (χ0) is 16.3. The van der Waals surface area contributed by atoms with Crippen molar-refractivity contribution in [2.75, 3.05) is 0 Å². The molecule has 0 saturated heterocycles. The summed E-state index contributed by atoms with van der Waals surface area (Å²) in [7, 11) is 0. The van der Waals surface area contributed by atoms with Gasteiger partial charge < -0.3 is 4.84 Å². The standard InChI is InChI=1S/C17H16ClNO3/c1-10(2)13-9-15(11(3)8-16(13)20)19-22-17(21)12-6-4-5-7-14(12)18/h4-10H,1-3H3/b19-15-. The molecule has 0 aliphatic heterocycles. The molecule has 2 rings (SSSR count). The molecule has 0 saturated carbocycles. The third-order valence-corrected chi connectivity index (χ3v) is 3.60. The Kier molecular flexibility index (Phi) is 4.93. The number of halogens is 1. The van der Waals surface area contributed by atoms with Gasteiger partial charge in [-0.15, -0.1) is 0 Å². The van der Waals surface area contributed by atoms with Gasteiger partial charge in [0.25, 0.3) is 0 Å². The topological polar surface area (TPSA) is 55.7 Å². The maximum atomic E-state index is 12.0. The van der Waals surface area contributed by atoms with E-state index in [1.807, 2.05) is 13.8 Å². The molecule has 5 heteroatoms. The zero-order valence-electron chi connectivity index (χ0n) is 12.6. The first-order valence-corrected chi connectivity index (χ1v) is 7.26. The monoisotopic (exact) mass is 317 g/mol. The van der Waals surface area contributed by atoms with Crippen molar-refractivity contribution in [2.45, 2.75) is 20.8 Å². The Morgan fingerprint density at radius 3 is 2.55 bits per heavy atom. The van der Waals surface area contributed by atoms with Crippen LogP contribution in [0.25, 0.3) is 0 Å². The van der Waals surface area contributed by atoms with Crippen molar-refractivity contribution in [1.29, 1.82) is 0 Å². The van der Waals surface area contributed by atoms with Gasteiger partial charge in [-0.2, -0.15) is 0 Å². The van der Waals surface area contributed by atoms with E-state index >= 15 is 0 Å². The maximum absolute atomic E-state index is 12.0. The molecule has 0 radical (unpaired) electrons. The van der Waals surface area contributed by atoms with Crippen molar-refractivity contribution >= 4 is 29.1 Å². The lowest BCUT2D eigenvalue weighted by atomic mass is 9.90. The second-order valence-electron chi connectivity index (χ2n) is 5.28. The summed E-state index contributed by atoms with van der Waals surface area (Å²) < 4.78 is 0. The molecule has 1 aliphatic rings. The van der Waals surface area contributed by atoms with Crippen molar-refractivity contribution in [2.24, 2.45) is 11.1 Å². The Balaban J connectivity index is 2.22. The molecule has 0 N–H and O–H groups in total. The van der Waals surface area contributed by atoms with Crippen LogP contribution in [0.1, 0.15) is 31.1 Å². The number of hydrogen-bond donors (Lipinski definition) is 0. The molecule has 22 heavy (non-hydrogen) atoms. The van der Waals surface area contributed by atoms with Crippen LogP contribution in [0.4, 0.5) is 0 Å².